The van der Waals surface area contributed by atoms with Gasteiger partial charge in [0, 0.05) is 36.5 Å². The summed E-state index contributed by atoms with van der Waals surface area (Å²) in [5.74, 6) is 0. The quantitative estimate of drug-likeness (QED) is 0.178. The third-order valence-corrected chi connectivity index (χ3v) is 12.5. The molecule has 8 aromatic carbocycles. The fourth-order valence-corrected chi connectivity index (χ4v) is 10.3. The number of fused-ring (bicyclic) bond motifs is 9. The molecule has 0 unspecified atom stereocenters. The minimum atomic E-state index is -0.587. The van der Waals surface area contributed by atoms with E-state index in [0.717, 1.165) is 33.1 Å². The Kier molecular flexibility index (Phi) is 6.46. The first-order chi connectivity index (χ1) is 25.7. The summed E-state index contributed by atoms with van der Waals surface area (Å²) >= 11 is 8.84. The van der Waals surface area contributed by atoms with Crippen molar-refractivity contribution >= 4 is 65.0 Å². The van der Waals surface area contributed by atoms with E-state index in [1.54, 1.807) is 0 Å². The van der Waals surface area contributed by atoms with E-state index < -0.39 is 5.41 Å². The first kappa shape index (κ1) is 29.8. The molecule has 2 heterocycles. The second kappa shape index (κ2) is 11.3. The monoisotopic (exact) mass is 700 g/mol. The highest BCUT2D eigenvalue weighted by Crippen LogP contribution is 2.58. The van der Waals surface area contributed by atoms with Gasteiger partial charge in [-0.3, -0.25) is 0 Å². The smallest absolute Gasteiger partial charge is 0.144 e. The summed E-state index contributed by atoms with van der Waals surface area (Å²) in [6.07, 6.45) is 0. The molecule has 1 nitrogen and oxygen atoms in total. The van der Waals surface area contributed by atoms with Crippen molar-refractivity contribution < 1.29 is 4.42 Å². The Labute approximate surface area is 310 Å². The highest BCUT2D eigenvalue weighted by atomic mass is 35.5. The van der Waals surface area contributed by atoms with Crippen LogP contribution >= 0.6 is 22.9 Å². The predicted octanol–water partition coefficient (Wildman–Crippen LogP) is 14.3. The van der Waals surface area contributed by atoms with E-state index in [1.165, 1.54) is 64.7 Å². The van der Waals surface area contributed by atoms with Crippen LogP contribution in [0.1, 0.15) is 22.3 Å². The summed E-state index contributed by atoms with van der Waals surface area (Å²) in [5.41, 5.74) is 13.2. The summed E-state index contributed by atoms with van der Waals surface area (Å²) < 4.78 is 9.23. The minimum Gasteiger partial charge on any atom is -0.455 e. The number of hydrogen-bond acceptors (Lipinski definition) is 2. The van der Waals surface area contributed by atoms with Gasteiger partial charge in [-0.25, -0.2) is 0 Å². The summed E-state index contributed by atoms with van der Waals surface area (Å²) in [4.78, 5) is 0. The Morgan fingerprint density at radius 3 is 1.92 bits per heavy atom. The van der Waals surface area contributed by atoms with Crippen LogP contribution in [-0.4, -0.2) is 0 Å². The molecule has 0 bridgehead atoms. The first-order valence-corrected chi connectivity index (χ1v) is 18.8. The zero-order valence-corrected chi connectivity index (χ0v) is 29.5. The van der Waals surface area contributed by atoms with Crippen LogP contribution in [0.15, 0.2) is 180 Å². The molecule has 1 aliphatic rings. The number of rotatable bonds is 4. The molecule has 244 valence electrons. The molecule has 0 saturated heterocycles. The minimum absolute atomic E-state index is 0.587. The molecule has 0 radical (unpaired) electrons. The molecule has 0 N–H and O–H groups in total. The lowest BCUT2D eigenvalue weighted by atomic mass is 9.67. The van der Waals surface area contributed by atoms with Gasteiger partial charge in [0.1, 0.15) is 11.2 Å². The van der Waals surface area contributed by atoms with E-state index >= 15 is 0 Å². The van der Waals surface area contributed by atoms with Gasteiger partial charge in [0.15, 0.2) is 0 Å². The Balaban J connectivity index is 1.31. The molecule has 0 atom stereocenters. The summed E-state index contributed by atoms with van der Waals surface area (Å²) in [6.45, 7) is 0. The fraction of sp³-hybridized carbons (Fsp3) is 0.0204. The lowest BCUT2D eigenvalue weighted by Crippen LogP contribution is -2.28. The van der Waals surface area contributed by atoms with Gasteiger partial charge >= 0.3 is 0 Å². The van der Waals surface area contributed by atoms with Crippen molar-refractivity contribution in [1.82, 2.24) is 0 Å². The maximum absolute atomic E-state index is 6.99. The zero-order valence-electron chi connectivity index (χ0n) is 27.9. The Morgan fingerprint density at radius 2 is 1.12 bits per heavy atom. The molecular weight excluding hydrogens is 672 g/mol. The molecule has 1 aliphatic carbocycles. The second-order valence-electron chi connectivity index (χ2n) is 13.7. The molecular formula is C49H29ClOS. The van der Waals surface area contributed by atoms with Gasteiger partial charge in [-0.2, -0.15) is 0 Å². The number of thiophene rings is 1. The third-order valence-electron chi connectivity index (χ3n) is 11.0. The standard InChI is InChI=1S/C49H29ClOS/c50-42-26-25-36(48-47(42)37-19-6-10-23-43(37)51-48)39-28-33(29-45-46(39)38-20-7-11-24-44(38)52-45)49(32-16-12-15-31(27-32)30-13-2-1-3-14-30)40-21-8-4-17-34(40)35-18-5-9-22-41(35)49/h1-29H. The predicted molar refractivity (Wildman–Crippen MR) is 220 cm³/mol. The molecule has 0 fully saturated rings. The van der Waals surface area contributed by atoms with E-state index in [4.69, 9.17) is 16.0 Å². The molecule has 2 aromatic heterocycles. The van der Waals surface area contributed by atoms with E-state index in [1.807, 2.05) is 35.6 Å². The summed E-state index contributed by atoms with van der Waals surface area (Å²) in [6, 6.07) is 63.9. The molecule has 0 amide bonds. The van der Waals surface area contributed by atoms with E-state index in [2.05, 4.69) is 152 Å². The molecule has 0 aliphatic heterocycles. The number of hydrogen-bond donors (Lipinski definition) is 0. The Morgan fingerprint density at radius 1 is 0.442 bits per heavy atom. The third kappa shape index (κ3) is 4.11. The SMILES string of the molecule is Clc1ccc(-c2cc(C3(c4cccc(-c5ccccc5)c4)c4ccccc4-c4ccccc43)cc3sc4ccccc4c23)c2oc3ccccc3c12. The molecule has 11 rings (SSSR count). The summed E-state index contributed by atoms with van der Waals surface area (Å²) in [5, 5.41) is 5.16. The van der Waals surface area contributed by atoms with Gasteiger partial charge in [-0.05, 0) is 92.5 Å². The molecule has 3 heteroatoms. The van der Waals surface area contributed by atoms with Crippen molar-refractivity contribution in [2.75, 3.05) is 0 Å². The topological polar surface area (TPSA) is 13.1 Å². The largest absolute Gasteiger partial charge is 0.455 e. The Bertz CT molecular complexity index is 2990. The lowest BCUT2D eigenvalue weighted by Gasteiger charge is -2.34. The number of furan rings is 1. The van der Waals surface area contributed by atoms with E-state index in [0.29, 0.717) is 5.02 Å². The van der Waals surface area contributed by atoms with Crippen molar-refractivity contribution in [3.05, 3.63) is 203 Å². The normalized spacial score (nSPS) is 13.2. The zero-order chi connectivity index (χ0) is 34.4. The van der Waals surface area contributed by atoms with Gasteiger partial charge < -0.3 is 4.42 Å². The Hall–Kier alpha value is -5.93. The second-order valence-corrected chi connectivity index (χ2v) is 15.2. The molecule has 0 spiro atoms. The van der Waals surface area contributed by atoms with Crippen LogP contribution in [0.25, 0.3) is 75.5 Å². The molecule has 52 heavy (non-hydrogen) atoms. The van der Waals surface area contributed by atoms with Crippen LogP contribution in [0.5, 0.6) is 0 Å². The number of benzene rings is 8. The van der Waals surface area contributed by atoms with Gasteiger partial charge in [-0.15, -0.1) is 11.3 Å². The van der Waals surface area contributed by atoms with Gasteiger partial charge in [-0.1, -0.05) is 145 Å². The van der Waals surface area contributed by atoms with Crippen LogP contribution in [0.2, 0.25) is 5.02 Å². The van der Waals surface area contributed by atoms with Gasteiger partial charge in [0.05, 0.1) is 10.4 Å². The van der Waals surface area contributed by atoms with Crippen LogP contribution in [0.3, 0.4) is 0 Å². The fourth-order valence-electron chi connectivity index (χ4n) is 8.87. The van der Waals surface area contributed by atoms with Gasteiger partial charge in [0.2, 0.25) is 0 Å². The maximum atomic E-state index is 6.99. The molecule has 0 saturated carbocycles. The highest BCUT2D eigenvalue weighted by Gasteiger charge is 2.46. The van der Waals surface area contributed by atoms with Crippen molar-refractivity contribution in [3.8, 4) is 33.4 Å². The average molecular weight is 701 g/mol. The average Bonchev–Trinajstić information content (AvgIpc) is 3.87. The van der Waals surface area contributed by atoms with Crippen LogP contribution in [-0.2, 0) is 5.41 Å². The van der Waals surface area contributed by atoms with Crippen molar-refractivity contribution in [3.63, 3.8) is 0 Å². The van der Waals surface area contributed by atoms with Crippen molar-refractivity contribution in [2.24, 2.45) is 0 Å². The van der Waals surface area contributed by atoms with Crippen LogP contribution < -0.4 is 0 Å². The number of halogens is 1. The van der Waals surface area contributed by atoms with Crippen molar-refractivity contribution in [1.29, 1.82) is 0 Å². The van der Waals surface area contributed by atoms with Crippen LogP contribution in [0, 0.1) is 0 Å². The van der Waals surface area contributed by atoms with Crippen LogP contribution in [0.4, 0.5) is 0 Å². The highest BCUT2D eigenvalue weighted by molar-refractivity contribution is 7.26. The first-order valence-electron chi connectivity index (χ1n) is 17.6. The van der Waals surface area contributed by atoms with Gasteiger partial charge in [0.25, 0.3) is 0 Å². The van der Waals surface area contributed by atoms with E-state index in [-0.39, 0.29) is 0 Å². The number of para-hydroxylation sites is 1. The molecule has 10 aromatic rings. The van der Waals surface area contributed by atoms with Crippen molar-refractivity contribution in [2.45, 2.75) is 5.41 Å². The summed E-state index contributed by atoms with van der Waals surface area (Å²) in [7, 11) is 0. The maximum Gasteiger partial charge on any atom is 0.144 e. The van der Waals surface area contributed by atoms with E-state index in [9.17, 15) is 0 Å². The lowest BCUT2D eigenvalue weighted by molar-refractivity contribution is 0.670.